The minimum atomic E-state index is -3.76. The van der Waals surface area contributed by atoms with Gasteiger partial charge in [-0.1, -0.05) is 61.0 Å². The van der Waals surface area contributed by atoms with Gasteiger partial charge in [-0.3, -0.25) is 0 Å². The molecule has 1 saturated carbocycles. The highest BCUT2D eigenvalue weighted by Gasteiger charge is 2.60. The molecule has 0 aromatic heterocycles. The number of benzene rings is 2. The van der Waals surface area contributed by atoms with Gasteiger partial charge in [0.15, 0.2) is 5.84 Å². The number of hydrogen-bond acceptors (Lipinski definition) is 3. The van der Waals surface area contributed by atoms with Crippen LogP contribution in [0.1, 0.15) is 48.4 Å². The fraction of sp³-hybridized carbons (Fsp3) is 0.458. The van der Waals surface area contributed by atoms with E-state index >= 15 is 0 Å². The van der Waals surface area contributed by atoms with Gasteiger partial charge in [0, 0.05) is 24.1 Å². The molecule has 1 spiro atoms. The molecule has 0 bridgehead atoms. The molecular weight excluding hydrogens is 405 g/mol. The summed E-state index contributed by atoms with van der Waals surface area (Å²) in [4.78, 5) is 4.85. The molecule has 1 unspecified atom stereocenters. The van der Waals surface area contributed by atoms with Crippen molar-refractivity contribution in [3.05, 3.63) is 64.7 Å². The summed E-state index contributed by atoms with van der Waals surface area (Å²) in [7, 11) is 2.90. The minimum Gasteiger partial charge on any atom is -0.353 e. The Morgan fingerprint density at radius 2 is 1.68 bits per heavy atom. The van der Waals surface area contributed by atoms with Gasteiger partial charge in [-0.2, -0.15) is 13.2 Å². The molecule has 2 fully saturated rings. The molecular formula is C24H30BN3O2S. The number of aryl methyl sites for hydroxylation is 3. The molecule has 1 aliphatic heterocycles. The van der Waals surface area contributed by atoms with Crippen molar-refractivity contribution in [2.45, 2.75) is 57.2 Å². The highest BCUT2D eigenvalue weighted by molar-refractivity contribution is 7.89. The molecule has 2 aromatic rings. The third-order valence-electron chi connectivity index (χ3n) is 7.33. The molecule has 2 aliphatic rings. The Labute approximate surface area is 187 Å². The van der Waals surface area contributed by atoms with E-state index in [0.29, 0.717) is 5.84 Å². The van der Waals surface area contributed by atoms with Gasteiger partial charge in [0.25, 0.3) is 10.0 Å². The van der Waals surface area contributed by atoms with E-state index in [4.69, 9.17) is 7.85 Å². The average Bonchev–Trinajstić information content (AvgIpc) is 2.69. The van der Waals surface area contributed by atoms with Crippen LogP contribution in [0.5, 0.6) is 0 Å². The lowest BCUT2D eigenvalue weighted by Crippen LogP contribution is -2.68. The molecule has 31 heavy (non-hydrogen) atoms. The number of hydrogen-bond donors (Lipinski definition) is 1. The van der Waals surface area contributed by atoms with Crippen molar-refractivity contribution in [1.29, 1.82) is 0 Å². The van der Waals surface area contributed by atoms with Crippen LogP contribution < -0.4 is 4.83 Å². The number of likely N-dealkylation sites (tertiary alicyclic amines) is 1. The van der Waals surface area contributed by atoms with E-state index in [1.807, 2.05) is 39.0 Å². The molecule has 2 radical (unpaired) electrons. The Morgan fingerprint density at radius 1 is 1.06 bits per heavy atom. The molecule has 1 heterocycles. The number of amidine groups is 1. The van der Waals surface area contributed by atoms with Crippen molar-refractivity contribution in [3.8, 4) is 0 Å². The van der Waals surface area contributed by atoms with Gasteiger partial charge >= 0.3 is 0 Å². The molecule has 1 aliphatic carbocycles. The fourth-order valence-corrected chi connectivity index (χ4v) is 5.79. The molecule has 2 aromatic carbocycles. The lowest BCUT2D eigenvalue weighted by Gasteiger charge is -2.68. The second-order valence-corrected chi connectivity index (χ2v) is 10.9. The quantitative estimate of drug-likeness (QED) is 0.333. The summed E-state index contributed by atoms with van der Waals surface area (Å²) in [5, 5.41) is 4.34. The van der Waals surface area contributed by atoms with Crippen LogP contribution >= 0.6 is 0 Å². The average molecular weight is 435 g/mol. The number of hydrazone groups is 1. The van der Waals surface area contributed by atoms with Gasteiger partial charge in [0.2, 0.25) is 0 Å². The number of sulfonamides is 1. The fourth-order valence-electron chi connectivity index (χ4n) is 4.98. The maximum absolute atomic E-state index is 12.9. The maximum atomic E-state index is 12.9. The Hall–Kier alpha value is -2.28. The number of nitrogens with one attached hydrogen (secondary N) is 1. The van der Waals surface area contributed by atoms with Crippen molar-refractivity contribution < 1.29 is 8.42 Å². The molecule has 1 N–H and O–H groups in total. The van der Waals surface area contributed by atoms with Crippen LogP contribution in [0.25, 0.3) is 0 Å². The van der Waals surface area contributed by atoms with Crippen LogP contribution in [0, 0.1) is 26.2 Å². The summed E-state index contributed by atoms with van der Waals surface area (Å²) in [6, 6.07) is 12.8. The first kappa shape index (κ1) is 21.9. The normalized spacial score (nSPS) is 22.7. The second-order valence-electron chi connectivity index (χ2n) is 9.26. The molecule has 4 rings (SSSR count). The predicted octanol–water partition coefficient (Wildman–Crippen LogP) is 4.08. The van der Waals surface area contributed by atoms with Crippen LogP contribution in [0.15, 0.2) is 52.5 Å². The SMILES string of the molecule is [B]C1(CC)CCC12CN(/C(=N/NS(=O)(=O)c1ccc(C)cc1)c1c(C)cccc1C)C2. The minimum absolute atomic E-state index is 0.106. The van der Waals surface area contributed by atoms with Crippen molar-refractivity contribution >= 4 is 23.7 Å². The number of rotatable bonds is 5. The van der Waals surface area contributed by atoms with Crippen LogP contribution in [0.3, 0.4) is 0 Å². The van der Waals surface area contributed by atoms with E-state index in [1.165, 1.54) is 0 Å². The lowest BCUT2D eigenvalue weighted by atomic mass is 9.37. The second kappa shape index (κ2) is 7.70. The molecule has 1 atom stereocenters. The van der Waals surface area contributed by atoms with Gasteiger partial charge in [-0.15, -0.1) is 5.10 Å². The third-order valence-corrected chi connectivity index (χ3v) is 8.56. The van der Waals surface area contributed by atoms with E-state index < -0.39 is 10.0 Å². The van der Waals surface area contributed by atoms with Gasteiger partial charge in [-0.05, 0) is 50.5 Å². The van der Waals surface area contributed by atoms with E-state index in [9.17, 15) is 8.42 Å². The van der Waals surface area contributed by atoms with Crippen molar-refractivity contribution in [3.63, 3.8) is 0 Å². The summed E-state index contributed by atoms with van der Waals surface area (Å²) in [6.45, 7) is 9.75. The standard InChI is InChI=1S/C24H30BN3O2S/c1-5-24(25)14-13-23(24)15-28(16-23)22(21-18(3)7-6-8-19(21)4)26-27-31(29,30)20-11-9-17(2)10-12-20/h6-12,27H,5,13-16H2,1-4H3/b26-22+. The summed E-state index contributed by atoms with van der Waals surface area (Å²) >= 11 is 0. The topological polar surface area (TPSA) is 61.8 Å². The first-order valence-electron chi connectivity index (χ1n) is 10.9. The third kappa shape index (κ3) is 3.67. The zero-order valence-corrected chi connectivity index (χ0v) is 19.6. The molecule has 5 nitrogen and oxygen atoms in total. The molecule has 162 valence electrons. The largest absolute Gasteiger partial charge is 0.353 e. The summed E-state index contributed by atoms with van der Waals surface area (Å²) in [5.41, 5.74) is 4.22. The van der Waals surface area contributed by atoms with E-state index in [-0.39, 0.29) is 15.6 Å². The summed E-state index contributed by atoms with van der Waals surface area (Å²) < 4.78 is 25.7. The smallest absolute Gasteiger partial charge is 0.276 e. The van der Waals surface area contributed by atoms with Crippen LogP contribution in [-0.4, -0.2) is 40.1 Å². The zero-order valence-electron chi connectivity index (χ0n) is 18.8. The van der Waals surface area contributed by atoms with Crippen molar-refractivity contribution in [1.82, 2.24) is 9.73 Å². The van der Waals surface area contributed by atoms with Gasteiger partial charge < -0.3 is 4.90 Å². The first-order valence-corrected chi connectivity index (χ1v) is 12.4. The van der Waals surface area contributed by atoms with Crippen molar-refractivity contribution in [2.75, 3.05) is 13.1 Å². The molecule has 0 amide bonds. The van der Waals surface area contributed by atoms with E-state index in [1.54, 1.807) is 24.3 Å². The van der Waals surface area contributed by atoms with Crippen molar-refractivity contribution in [2.24, 2.45) is 10.5 Å². The Kier molecular flexibility index (Phi) is 5.45. The Morgan fingerprint density at radius 3 is 2.19 bits per heavy atom. The monoisotopic (exact) mass is 435 g/mol. The van der Waals surface area contributed by atoms with Gasteiger partial charge in [0.05, 0.1) is 12.7 Å². The highest BCUT2D eigenvalue weighted by Crippen LogP contribution is 2.66. The lowest BCUT2D eigenvalue weighted by molar-refractivity contribution is -0.0696. The first-order chi connectivity index (χ1) is 14.6. The van der Waals surface area contributed by atoms with Crippen LogP contribution in [-0.2, 0) is 10.0 Å². The predicted molar refractivity (Wildman–Crippen MR) is 126 cm³/mol. The van der Waals surface area contributed by atoms with Crippen LogP contribution in [0.2, 0.25) is 5.31 Å². The summed E-state index contributed by atoms with van der Waals surface area (Å²) in [5.74, 6) is 0.669. The zero-order chi connectivity index (χ0) is 22.4. The molecule has 1 saturated heterocycles. The van der Waals surface area contributed by atoms with E-state index in [0.717, 1.165) is 54.6 Å². The van der Waals surface area contributed by atoms with E-state index in [2.05, 4.69) is 21.8 Å². The number of nitrogens with zero attached hydrogens (tertiary/aromatic N) is 2. The Bertz CT molecular complexity index is 1100. The van der Waals surface area contributed by atoms with Gasteiger partial charge in [-0.25, -0.2) is 0 Å². The highest BCUT2D eigenvalue weighted by atomic mass is 32.2. The van der Waals surface area contributed by atoms with Gasteiger partial charge in [0.1, 0.15) is 0 Å². The maximum Gasteiger partial charge on any atom is 0.276 e. The summed E-state index contributed by atoms with van der Waals surface area (Å²) in [6.07, 6.45) is 3.12. The van der Waals surface area contributed by atoms with Crippen LogP contribution in [0.4, 0.5) is 0 Å². The molecule has 7 heteroatoms. The Balaban J connectivity index is 1.66.